The molecule has 2 aromatic rings. The van der Waals surface area contributed by atoms with Crippen LogP contribution < -0.4 is 15.0 Å². The van der Waals surface area contributed by atoms with Gasteiger partial charge in [-0.25, -0.2) is 4.39 Å². The lowest BCUT2D eigenvalue weighted by Gasteiger charge is -2.37. The number of nitrogens with one attached hydrogen (secondary N) is 1. The Bertz CT molecular complexity index is 818. The van der Waals surface area contributed by atoms with Crippen molar-refractivity contribution in [2.45, 2.75) is 13.0 Å². The van der Waals surface area contributed by atoms with Crippen molar-refractivity contribution in [1.82, 2.24) is 4.90 Å². The van der Waals surface area contributed by atoms with Crippen LogP contribution in [-0.2, 0) is 4.79 Å². The number of benzene rings is 2. The minimum absolute atomic E-state index is 0.0351. The predicted molar refractivity (Wildman–Crippen MR) is 106 cm³/mol. The number of carbonyl (C=O) groups is 1. The van der Waals surface area contributed by atoms with E-state index in [0.29, 0.717) is 12.2 Å². The molecule has 1 heterocycles. The number of carbonyl (C=O) groups excluding carboxylic acids is 1. The van der Waals surface area contributed by atoms with E-state index in [-0.39, 0.29) is 23.6 Å². The molecule has 0 saturated carbocycles. The topological polar surface area (TPSA) is 44.8 Å². The number of nitrogens with zero attached hydrogens (tertiary/aromatic N) is 2. The van der Waals surface area contributed by atoms with Crippen LogP contribution in [0, 0.1) is 5.82 Å². The summed E-state index contributed by atoms with van der Waals surface area (Å²) in [5, 5.41) is 2.89. The Morgan fingerprint density at radius 3 is 2.89 bits per heavy atom. The van der Waals surface area contributed by atoms with Crippen molar-refractivity contribution in [2.24, 2.45) is 0 Å². The first-order valence-electron chi connectivity index (χ1n) is 8.90. The van der Waals surface area contributed by atoms with E-state index in [9.17, 15) is 9.18 Å². The summed E-state index contributed by atoms with van der Waals surface area (Å²) in [7, 11) is 1.87. The van der Waals surface area contributed by atoms with Crippen LogP contribution in [0.2, 0.25) is 5.02 Å². The van der Waals surface area contributed by atoms with Gasteiger partial charge in [0.15, 0.2) is 0 Å². The molecule has 0 aromatic heterocycles. The van der Waals surface area contributed by atoms with Crippen LogP contribution >= 0.6 is 11.6 Å². The van der Waals surface area contributed by atoms with Gasteiger partial charge in [0.2, 0.25) is 5.91 Å². The maximum absolute atomic E-state index is 13.1. The maximum atomic E-state index is 13.1. The molecule has 0 aliphatic carbocycles. The lowest BCUT2D eigenvalue weighted by atomic mass is 10.2. The number of anilines is 2. The number of hydrogen-bond acceptors (Lipinski definition) is 4. The van der Waals surface area contributed by atoms with Gasteiger partial charge in [-0.3, -0.25) is 9.69 Å². The first-order valence-corrected chi connectivity index (χ1v) is 9.28. The summed E-state index contributed by atoms with van der Waals surface area (Å²) in [5.41, 5.74) is 1.50. The van der Waals surface area contributed by atoms with E-state index in [1.807, 2.05) is 30.1 Å². The molecule has 0 saturated heterocycles. The SMILES string of the molecule is CCN1CC(CN(C)CC(=O)Nc2ccc(F)cc2Cl)Oc2ccccc21. The molecule has 1 unspecified atom stereocenters. The smallest absolute Gasteiger partial charge is 0.238 e. The zero-order valence-corrected chi connectivity index (χ0v) is 16.2. The Morgan fingerprint density at radius 2 is 2.15 bits per heavy atom. The molecule has 1 aliphatic heterocycles. The van der Waals surface area contributed by atoms with Crippen molar-refractivity contribution in [3.63, 3.8) is 0 Å². The summed E-state index contributed by atoms with van der Waals surface area (Å²) in [4.78, 5) is 16.4. The molecule has 5 nitrogen and oxygen atoms in total. The second kappa shape index (κ2) is 8.59. The van der Waals surface area contributed by atoms with E-state index < -0.39 is 5.82 Å². The van der Waals surface area contributed by atoms with Crippen LogP contribution in [0.25, 0.3) is 0 Å². The van der Waals surface area contributed by atoms with Gasteiger partial charge < -0.3 is 15.0 Å². The highest BCUT2D eigenvalue weighted by Crippen LogP contribution is 2.32. The normalized spacial score (nSPS) is 16.0. The number of likely N-dealkylation sites (N-methyl/N-ethyl adjacent to an activating group) is 2. The number of rotatable bonds is 6. The van der Waals surface area contributed by atoms with Gasteiger partial charge in [0.25, 0.3) is 0 Å². The summed E-state index contributed by atoms with van der Waals surface area (Å²) in [6, 6.07) is 11.9. The summed E-state index contributed by atoms with van der Waals surface area (Å²) in [6.07, 6.45) is -0.0351. The van der Waals surface area contributed by atoms with E-state index in [4.69, 9.17) is 16.3 Å². The first kappa shape index (κ1) is 19.5. The summed E-state index contributed by atoms with van der Waals surface area (Å²) < 4.78 is 19.2. The molecule has 27 heavy (non-hydrogen) atoms. The zero-order chi connectivity index (χ0) is 19.4. The van der Waals surface area contributed by atoms with Gasteiger partial charge in [-0.15, -0.1) is 0 Å². The molecular weight excluding hydrogens is 369 g/mol. The van der Waals surface area contributed by atoms with Gasteiger partial charge in [0.1, 0.15) is 17.7 Å². The van der Waals surface area contributed by atoms with Crippen LogP contribution in [-0.4, -0.2) is 50.1 Å². The third kappa shape index (κ3) is 4.90. The van der Waals surface area contributed by atoms with E-state index in [1.165, 1.54) is 18.2 Å². The zero-order valence-electron chi connectivity index (χ0n) is 15.4. The number of ether oxygens (including phenoxy) is 1. The second-order valence-corrected chi connectivity index (χ2v) is 7.02. The molecule has 7 heteroatoms. The molecule has 1 N–H and O–H groups in total. The highest BCUT2D eigenvalue weighted by molar-refractivity contribution is 6.33. The Hall–Kier alpha value is -2.31. The number of hydrogen-bond donors (Lipinski definition) is 1. The van der Waals surface area contributed by atoms with Gasteiger partial charge in [0, 0.05) is 13.1 Å². The Balaban J connectivity index is 1.56. The lowest BCUT2D eigenvalue weighted by Crippen LogP contribution is -2.46. The monoisotopic (exact) mass is 391 g/mol. The molecule has 0 radical (unpaired) electrons. The van der Waals surface area contributed by atoms with E-state index in [1.54, 1.807) is 0 Å². The minimum atomic E-state index is -0.440. The minimum Gasteiger partial charge on any atom is -0.485 e. The fraction of sp³-hybridized carbons (Fsp3) is 0.350. The van der Waals surface area contributed by atoms with Crippen molar-refractivity contribution < 1.29 is 13.9 Å². The molecule has 1 aliphatic rings. The molecular formula is C20H23ClFN3O2. The fourth-order valence-electron chi connectivity index (χ4n) is 3.21. The number of amides is 1. The van der Waals surface area contributed by atoms with Crippen molar-refractivity contribution in [3.05, 3.63) is 53.3 Å². The summed E-state index contributed by atoms with van der Waals surface area (Å²) >= 11 is 5.95. The van der Waals surface area contributed by atoms with Crippen molar-refractivity contribution in [3.8, 4) is 5.75 Å². The number of para-hydroxylation sites is 2. The van der Waals surface area contributed by atoms with Crippen molar-refractivity contribution in [1.29, 1.82) is 0 Å². The average Bonchev–Trinajstić information content (AvgIpc) is 2.63. The summed E-state index contributed by atoms with van der Waals surface area (Å²) in [5.74, 6) is 0.214. The molecule has 144 valence electrons. The predicted octanol–water partition coefficient (Wildman–Crippen LogP) is 3.64. The van der Waals surface area contributed by atoms with Crippen molar-refractivity contribution >= 4 is 28.9 Å². The highest BCUT2D eigenvalue weighted by atomic mass is 35.5. The number of halogens is 2. The molecule has 0 fully saturated rings. The second-order valence-electron chi connectivity index (χ2n) is 6.62. The third-order valence-electron chi connectivity index (χ3n) is 4.44. The molecule has 0 bridgehead atoms. The third-order valence-corrected chi connectivity index (χ3v) is 4.75. The number of fused-ring (bicyclic) bond motifs is 1. The van der Waals surface area contributed by atoms with Gasteiger partial charge in [0.05, 0.1) is 29.5 Å². The maximum Gasteiger partial charge on any atom is 0.238 e. The Kier molecular flexibility index (Phi) is 6.19. The van der Waals surface area contributed by atoms with Crippen LogP contribution in [0.4, 0.5) is 15.8 Å². The molecule has 3 rings (SSSR count). The fourth-order valence-corrected chi connectivity index (χ4v) is 3.43. The van der Waals surface area contributed by atoms with Crippen LogP contribution in [0.5, 0.6) is 5.75 Å². The van der Waals surface area contributed by atoms with E-state index in [0.717, 1.165) is 24.5 Å². The van der Waals surface area contributed by atoms with Gasteiger partial charge in [-0.2, -0.15) is 0 Å². The molecule has 1 amide bonds. The highest BCUT2D eigenvalue weighted by Gasteiger charge is 2.25. The Morgan fingerprint density at radius 1 is 1.37 bits per heavy atom. The largest absolute Gasteiger partial charge is 0.485 e. The van der Waals surface area contributed by atoms with Crippen molar-refractivity contribution in [2.75, 3.05) is 43.4 Å². The van der Waals surface area contributed by atoms with Gasteiger partial charge in [-0.05, 0) is 44.3 Å². The lowest BCUT2D eigenvalue weighted by molar-refractivity contribution is -0.117. The summed E-state index contributed by atoms with van der Waals surface area (Å²) in [6.45, 7) is 4.56. The molecule has 0 spiro atoms. The molecule has 1 atom stereocenters. The average molecular weight is 392 g/mol. The standard InChI is InChI=1S/C20H23ClFN3O2/c1-3-25-12-15(27-19-7-5-4-6-18(19)25)11-24(2)13-20(26)23-17-9-8-14(22)10-16(17)21/h4-10,15H,3,11-13H2,1-2H3,(H,23,26). The first-order chi connectivity index (χ1) is 13.0. The quantitative estimate of drug-likeness (QED) is 0.816. The molecule has 2 aromatic carbocycles. The van der Waals surface area contributed by atoms with Crippen LogP contribution in [0.15, 0.2) is 42.5 Å². The van der Waals surface area contributed by atoms with E-state index >= 15 is 0 Å². The van der Waals surface area contributed by atoms with Crippen LogP contribution in [0.1, 0.15) is 6.92 Å². The van der Waals surface area contributed by atoms with Gasteiger partial charge in [-0.1, -0.05) is 23.7 Å². The van der Waals surface area contributed by atoms with Crippen LogP contribution in [0.3, 0.4) is 0 Å². The Labute approximate surface area is 163 Å². The van der Waals surface area contributed by atoms with E-state index in [2.05, 4.69) is 23.2 Å². The van der Waals surface area contributed by atoms with Gasteiger partial charge >= 0.3 is 0 Å².